The maximum Gasteiger partial charge on any atom is 0.255 e. The average molecular weight is 328 g/mol. The van der Waals surface area contributed by atoms with Gasteiger partial charge in [0, 0.05) is 30.9 Å². The first-order valence-electron chi connectivity index (χ1n) is 6.40. The molecule has 0 aliphatic heterocycles. The third-order valence-corrected chi connectivity index (χ3v) is 3.35. The molecular weight excluding hydrogens is 310 g/mol. The predicted octanol–water partition coefficient (Wildman–Crippen LogP) is 2.04. The van der Waals surface area contributed by atoms with Crippen LogP contribution in [0.2, 0.25) is 0 Å². The van der Waals surface area contributed by atoms with E-state index in [1.165, 1.54) is 12.8 Å². The summed E-state index contributed by atoms with van der Waals surface area (Å²) in [6.45, 7) is 1.88. The zero-order chi connectivity index (χ0) is 13.7. The van der Waals surface area contributed by atoms with Gasteiger partial charge in [0.15, 0.2) is 0 Å². The van der Waals surface area contributed by atoms with Crippen LogP contribution >= 0.6 is 15.9 Å². The Bertz CT molecular complexity index is 450. The summed E-state index contributed by atoms with van der Waals surface area (Å²) in [5, 5.41) is 5.73. The summed E-state index contributed by atoms with van der Waals surface area (Å²) >= 11 is 3.31. The Balaban J connectivity index is 1.79. The van der Waals surface area contributed by atoms with Crippen molar-refractivity contribution in [3.8, 4) is 0 Å². The minimum atomic E-state index is -0.145. The lowest BCUT2D eigenvalue weighted by Crippen LogP contribution is -2.28. The summed E-state index contributed by atoms with van der Waals surface area (Å²) in [5.41, 5.74) is 0.527. The lowest BCUT2D eigenvalue weighted by atomic mass is 10.2. The molecule has 1 heterocycles. The zero-order valence-corrected chi connectivity index (χ0v) is 12.5. The van der Waals surface area contributed by atoms with Gasteiger partial charge in [-0.25, -0.2) is 4.98 Å². The third kappa shape index (κ3) is 4.47. The SMILES string of the molecule is CNc1ncc(Br)cc1C(=O)NCCOCC1CC1. The second kappa shape index (κ2) is 6.86. The van der Waals surface area contributed by atoms with Crippen molar-refractivity contribution in [3.63, 3.8) is 0 Å². The van der Waals surface area contributed by atoms with Gasteiger partial charge in [0.2, 0.25) is 0 Å². The van der Waals surface area contributed by atoms with Crippen LogP contribution in [0.3, 0.4) is 0 Å². The van der Waals surface area contributed by atoms with Gasteiger partial charge in [-0.2, -0.15) is 0 Å². The Morgan fingerprint density at radius 1 is 1.58 bits per heavy atom. The standard InChI is InChI=1S/C13H18BrN3O2/c1-15-12-11(6-10(14)7-17-12)13(18)16-4-5-19-8-9-2-3-9/h6-7,9H,2-5,8H2,1H3,(H,15,17)(H,16,18). The summed E-state index contributed by atoms with van der Waals surface area (Å²) < 4.78 is 6.25. The maximum absolute atomic E-state index is 12.0. The Morgan fingerprint density at radius 3 is 3.05 bits per heavy atom. The summed E-state index contributed by atoms with van der Waals surface area (Å²) in [5.74, 6) is 1.17. The molecule has 104 valence electrons. The van der Waals surface area contributed by atoms with E-state index in [0.717, 1.165) is 17.0 Å². The Morgan fingerprint density at radius 2 is 2.37 bits per heavy atom. The van der Waals surface area contributed by atoms with Crippen LogP contribution < -0.4 is 10.6 Å². The second-order valence-electron chi connectivity index (χ2n) is 4.57. The highest BCUT2D eigenvalue weighted by molar-refractivity contribution is 9.10. The van der Waals surface area contributed by atoms with E-state index in [4.69, 9.17) is 4.74 Å². The zero-order valence-electron chi connectivity index (χ0n) is 10.9. The van der Waals surface area contributed by atoms with Crippen LogP contribution in [0.4, 0.5) is 5.82 Å². The van der Waals surface area contributed by atoms with Crippen molar-refractivity contribution < 1.29 is 9.53 Å². The molecule has 6 heteroatoms. The lowest BCUT2D eigenvalue weighted by Gasteiger charge is -2.09. The van der Waals surface area contributed by atoms with Crippen LogP contribution in [0.25, 0.3) is 0 Å². The first-order chi connectivity index (χ1) is 9.20. The second-order valence-corrected chi connectivity index (χ2v) is 5.49. The van der Waals surface area contributed by atoms with Crippen LogP contribution in [0.5, 0.6) is 0 Å². The van der Waals surface area contributed by atoms with Crippen LogP contribution in [-0.4, -0.2) is 37.7 Å². The number of carbonyl (C=O) groups excluding carboxylic acids is 1. The normalized spacial score (nSPS) is 14.2. The minimum Gasteiger partial charge on any atom is -0.379 e. The van der Waals surface area contributed by atoms with E-state index < -0.39 is 0 Å². The van der Waals surface area contributed by atoms with Gasteiger partial charge >= 0.3 is 0 Å². The molecule has 0 radical (unpaired) electrons. The van der Waals surface area contributed by atoms with Crippen LogP contribution in [0.1, 0.15) is 23.2 Å². The fraction of sp³-hybridized carbons (Fsp3) is 0.538. The molecule has 1 fully saturated rings. The van der Waals surface area contributed by atoms with Gasteiger partial charge in [-0.05, 0) is 40.8 Å². The summed E-state index contributed by atoms with van der Waals surface area (Å²) in [7, 11) is 1.74. The van der Waals surface area contributed by atoms with Gasteiger partial charge < -0.3 is 15.4 Å². The van der Waals surface area contributed by atoms with Crippen molar-refractivity contribution in [3.05, 3.63) is 22.3 Å². The molecule has 0 aromatic carbocycles. The molecule has 1 aromatic heterocycles. The number of amides is 1. The lowest BCUT2D eigenvalue weighted by molar-refractivity contribution is 0.0907. The third-order valence-electron chi connectivity index (χ3n) is 2.92. The monoisotopic (exact) mass is 327 g/mol. The first kappa shape index (κ1) is 14.3. The van der Waals surface area contributed by atoms with Crippen molar-refractivity contribution in [2.75, 3.05) is 32.1 Å². The van der Waals surface area contributed by atoms with E-state index in [1.807, 2.05) is 0 Å². The van der Waals surface area contributed by atoms with Crippen molar-refractivity contribution in [2.24, 2.45) is 5.92 Å². The van der Waals surface area contributed by atoms with Crippen molar-refractivity contribution in [2.45, 2.75) is 12.8 Å². The highest BCUT2D eigenvalue weighted by Crippen LogP contribution is 2.28. The number of ether oxygens (including phenoxy) is 1. The number of nitrogens with zero attached hydrogens (tertiary/aromatic N) is 1. The van der Waals surface area contributed by atoms with Gasteiger partial charge in [-0.1, -0.05) is 0 Å². The number of nitrogens with one attached hydrogen (secondary N) is 2. The van der Waals surface area contributed by atoms with E-state index in [2.05, 4.69) is 31.5 Å². The number of rotatable bonds is 7. The molecule has 2 rings (SSSR count). The number of anilines is 1. The predicted molar refractivity (Wildman–Crippen MR) is 77.4 cm³/mol. The van der Waals surface area contributed by atoms with Gasteiger partial charge in [0.25, 0.3) is 5.91 Å². The smallest absolute Gasteiger partial charge is 0.255 e. The molecule has 1 aliphatic rings. The maximum atomic E-state index is 12.0. The number of hydrogen-bond acceptors (Lipinski definition) is 4. The highest BCUT2D eigenvalue weighted by atomic mass is 79.9. The van der Waals surface area contributed by atoms with Crippen molar-refractivity contribution in [1.29, 1.82) is 0 Å². The Hall–Kier alpha value is -1.14. The fourth-order valence-corrected chi connectivity index (χ4v) is 2.01. The van der Waals surface area contributed by atoms with Crippen LogP contribution in [0.15, 0.2) is 16.7 Å². The van der Waals surface area contributed by atoms with Crippen LogP contribution in [0, 0.1) is 5.92 Å². The van der Waals surface area contributed by atoms with E-state index in [9.17, 15) is 4.79 Å². The molecule has 1 amide bonds. The number of carbonyl (C=O) groups is 1. The molecule has 1 aromatic rings. The molecule has 0 unspecified atom stereocenters. The van der Waals surface area contributed by atoms with Gasteiger partial charge in [-0.3, -0.25) is 4.79 Å². The highest BCUT2D eigenvalue weighted by Gasteiger charge is 2.21. The van der Waals surface area contributed by atoms with E-state index in [-0.39, 0.29) is 5.91 Å². The topological polar surface area (TPSA) is 63.2 Å². The molecule has 1 aliphatic carbocycles. The molecule has 0 atom stereocenters. The quantitative estimate of drug-likeness (QED) is 0.752. The molecular formula is C13H18BrN3O2. The minimum absolute atomic E-state index is 0.145. The summed E-state index contributed by atoms with van der Waals surface area (Å²) in [4.78, 5) is 16.2. The van der Waals surface area contributed by atoms with E-state index in [0.29, 0.717) is 24.5 Å². The molecule has 5 nitrogen and oxygen atoms in total. The molecule has 0 saturated heterocycles. The fourth-order valence-electron chi connectivity index (χ4n) is 1.68. The Labute approximate surface area is 121 Å². The van der Waals surface area contributed by atoms with Gasteiger partial charge in [0.1, 0.15) is 5.82 Å². The molecule has 0 spiro atoms. The van der Waals surface area contributed by atoms with Crippen LogP contribution in [-0.2, 0) is 4.74 Å². The first-order valence-corrected chi connectivity index (χ1v) is 7.19. The van der Waals surface area contributed by atoms with Gasteiger partial charge in [0.05, 0.1) is 12.2 Å². The van der Waals surface area contributed by atoms with Crippen molar-refractivity contribution in [1.82, 2.24) is 10.3 Å². The largest absolute Gasteiger partial charge is 0.379 e. The van der Waals surface area contributed by atoms with E-state index >= 15 is 0 Å². The Kier molecular flexibility index (Phi) is 5.15. The number of halogens is 1. The van der Waals surface area contributed by atoms with Gasteiger partial charge in [-0.15, -0.1) is 0 Å². The van der Waals surface area contributed by atoms with E-state index in [1.54, 1.807) is 19.3 Å². The number of hydrogen-bond donors (Lipinski definition) is 2. The molecule has 0 bridgehead atoms. The molecule has 19 heavy (non-hydrogen) atoms. The summed E-state index contributed by atoms with van der Waals surface area (Å²) in [6.07, 6.45) is 4.21. The molecule has 2 N–H and O–H groups in total. The molecule has 1 saturated carbocycles. The average Bonchev–Trinajstić information content (AvgIpc) is 3.22. The van der Waals surface area contributed by atoms with Crippen molar-refractivity contribution >= 4 is 27.7 Å². The number of aromatic nitrogens is 1. The summed E-state index contributed by atoms with van der Waals surface area (Å²) in [6, 6.07) is 1.75. The number of pyridine rings is 1.